The molecule has 1 heterocycles. The molecule has 3 aliphatic rings. The Morgan fingerprint density at radius 3 is 1.88 bits per heavy atom. The van der Waals surface area contributed by atoms with Crippen molar-refractivity contribution in [2.75, 3.05) is 6.54 Å². The van der Waals surface area contributed by atoms with E-state index in [9.17, 15) is 14.7 Å². The smallest absolute Gasteiger partial charge is 0.407 e. The van der Waals surface area contributed by atoms with Crippen LogP contribution in [0.5, 0.6) is 0 Å². The molecule has 1 saturated heterocycles. The average molecular weight is 336 g/mol. The molecule has 5 heteroatoms. The number of carbonyl (C=O) groups is 2. The van der Waals surface area contributed by atoms with E-state index in [0.29, 0.717) is 25.0 Å². The van der Waals surface area contributed by atoms with Crippen LogP contribution in [0.2, 0.25) is 0 Å². The summed E-state index contributed by atoms with van der Waals surface area (Å²) >= 11 is 0. The molecule has 3 rings (SSSR count). The van der Waals surface area contributed by atoms with Crippen molar-refractivity contribution in [3.63, 3.8) is 0 Å². The Morgan fingerprint density at radius 1 is 0.833 bits per heavy atom. The van der Waals surface area contributed by atoms with Crippen molar-refractivity contribution in [1.29, 1.82) is 0 Å². The van der Waals surface area contributed by atoms with Crippen LogP contribution in [0, 0.1) is 0 Å². The summed E-state index contributed by atoms with van der Waals surface area (Å²) in [6.07, 6.45) is 13.3. The maximum Gasteiger partial charge on any atom is 0.407 e. The minimum absolute atomic E-state index is 0.107. The van der Waals surface area contributed by atoms with Gasteiger partial charge in [-0.25, -0.2) is 4.79 Å². The fourth-order valence-electron chi connectivity index (χ4n) is 5.03. The van der Waals surface area contributed by atoms with Crippen LogP contribution < -0.4 is 0 Å². The second-order valence-corrected chi connectivity index (χ2v) is 7.86. The maximum absolute atomic E-state index is 13.2. The summed E-state index contributed by atoms with van der Waals surface area (Å²) in [4.78, 5) is 28.2. The summed E-state index contributed by atoms with van der Waals surface area (Å²) in [6.45, 7) is 0.583. The van der Waals surface area contributed by atoms with Gasteiger partial charge in [-0.05, 0) is 38.5 Å². The van der Waals surface area contributed by atoms with Gasteiger partial charge in [-0.15, -0.1) is 0 Å². The van der Waals surface area contributed by atoms with Crippen molar-refractivity contribution >= 4 is 12.0 Å². The fraction of sp³-hybridized carbons (Fsp3) is 0.895. The standard InChI is InChI=1S/C19H32N2O3/c22-18(14-17-12-7-13-20(17)19(23)24)21(15-8-3-1-4-9-15)16-10-5-2-6-11-16/h15-17H,1-14H2,(H,23,24). The highest BCUT2D eigenvalue weighted by Crippen LogP contribution is 2.32. The normalized spacial score (nSPS) is 26.5. The molecule has 2 amide bonds. The van der Waals surface area contributed by atoms with Crippen molar-refractivity contribution < 1.29 is 14.7 Å². The summed E-state index contributed by atoms with van der Waals surface area (Å²) in [6, 6.07) is 0.688. The average Bonchev–Trinajstić information content (AvgIpc) is 3.05. The molecular formula is C19H32N2O3. The van der Waals surface area contributed by atoms with Gasteiger partial charge in [0.05, 0.1) is 0 Å². The van der Waals surface area contributed by atoms with E-state index in [1.165, 1.54) is 43.4 Å². The zero-order valence-corrected chi connectivity index (χ0v) is 14.8. The Labute approximate surface area is 145 Å². The molecule has 5 nitrogen and oxygen atoms in total. The SMILES string of the molecule is O=C(O)N1CCCC1CC(=O)N(C1CCCCC1)C1CCCCC1. The monoisotopic (exact) mass is 336 g/mol. The number of nitrogens with zero attached hydrogens (tertiary/aromatic N) is 2. The molecule has 0 aromatic heterocycles. The Kier molecular flexibility index (Phi) is 6.01. The molecule has 24 heavy (non-hydrogen) atoms. The van der Waals surface area contributed by atoms with Gasteiger partial charge in [-0.3, -0.25) is 4.79 Å². The molecule has 0 bridgehead atoms. The molecule has 2 saturated carbocycles. The molecule has 3 fully saturated rings. The highest BCUT2D eigenvalue weighted by molar-refractivity contribution is 5.78. The fourth-order valence-corrected chi connectivity index (χ4v) is 5.03. The zero-order chi connectivity index (χ0) is 16.9. The Bertz CT molecular complexity index is 424. The molecule has 1 atom stereocenters. The van der Waals surface area contributed by atoms with Crippen LogP contribution in [-0.2, 0) is 4.79 Å². The van der Waals surface area contributed by atoms with Gasteiger partial charge < -0.3 is 14.9 Å². The van der Waals surface area contributed by atoms with Gasteiger partial charge in [0, 0.05) is 31.1 Å². The molecule has 0 aromatic rings. The second kappa shape index (κ2) is 8.21. The van der Waals surface area contributed by atoms with Gasteiger partial charge in [0.25, 0.3) is 0 Å². The van der Waals surface area contributed by atoms with E-state index >= 15 is 0 Å². The van der Waals surface area contributed by atoms with E-state index in [4.69, 9.17) is 0 Å². The lowest BCUT2D eigenvalue weighted by Crippen LogP contribution is -2.50. The highest BCUT2D eigenvalue weighted by atomic mass is 16.4. The number of amides is 2. The van der Waals surface area contributed by atoms with Crippen molar-refractivity contribution in [2.24, 2.45) is 0 Å². The number of likely N-dealkylation sites (tertiary alicyclic amines) is 1. The van der Waals surface area contributed by atoms with Gasteiger partial charge in [0.15, 0.2) is 0 Å². The first-order valence-corrected chi connectivity index (χ1v) is 9.97. The molecule has 2 aliphatic carbocycles. The van der Waals surface area contributed by atoms with Crippen molar-refractivity contribution in [3.8, 4) is 0 Å². The molecule has 0 aromatic carbocycles. The molecular weight excluding hydrogens is 304 g/mol. The molecule has 136 valence electrons. The lowest BCUT2D eigenvalue weighted by Gasteiger charge is -2.42. The van der Waals surface area contributed by atoms with Crippen LogP contribution in [0.3, 0.4) is 0 Å². The van der Waals surface area contributed by atoms with Crippen LogP contribution in [-0.4, -0.2) is 51.6 Å². The number of carboxylic acid groups (broad SMARTS) is 1. The second-order valence-electron chi connectivity index (χ2n) is 7.86. The first kappa shape index (κ1) is 17.6. The predicted octanol–water partition coefficient (Wildman–Crippen LogP) is 4.01. The topological polar surface area (TPSA) is 60.9 Å². The third-order valence-corrected chi connectivity index (χ3v) is 6.26. The summed E-state index contributed by atoms with van der Waals surface area (Å²) < 4.78 is 0. The maximum atomic E-state index is 13.2. The Balaban J connectivity index is 1.68. The number of hydrogen-bond donors (Lipinski definition) is 1. The quantitative estimate of drug-likeness (QED) is 0.843. The van der Waals surface area contributed by atoms with E-state index in [-0.39, 0.29) is 11.9 Å². The number of carbonyl (C=O) groups excluding carboxylic acids is 1. The molecule has 1 unspecified atom stereocenters. The van der Waals surface area contributed by atoms with E-state index in [0.717, 1.165) is 38.5 Å². The molecule has 0 radical (unpaired) electrons. The van der Waals surface area contributed by atoms with Crippen molar-refractivity contribution in [2.45, 2.75) is 102 Å². The third-order valence-electron chi connectivity index (χ3n) is 6.26. The summed E-state index contributed by atoms with van der Waals surface area (Å²) in [5.74, 6) is 0.215. The zero-order valence-electron chi connectivity index (χ0n) is 14.8. The van der Waals surface area contributed by atoms with Crippen molar-refractivity contribution in [3.05, 3.63) is 0 Å². The summed E-state index contributed by atoms with van der Waals surface area (Å²) in [7, 11) is 0. The Hall–Kier alpha value is -1.26. The minimum Gasteiger partial charge on any atom is -0.465 e. The number of hydrogen-bond acceptors (Lipinski definition) is 2. The number of rotatable bonds is 4. The third kappa shape index (κ3) is 4.04. The summed E-state index contributed by atoms with van der Waals surface area (Å²) in [5, 5.41) is 9.33. The molecule has 1 N–H and O–H groups in total. The van der Waals surface area contributed by atoms with Crippen LogP contribution in [0.4, 0.5) is 4.79 Å². The van der Waals surface area contributed by atoms with Crippen LogP contribution in [0.25, 0.3) is 0 Å². The van der Waals surface area contributed by atoms with Crippen LogP contribution in [0.1, 0.15) is 83.5 Å². The van der Waals surface area contributed by atoms with Crippen molar-refractivity contribution in [1.82, 2.24) is 9.80 Å². The van der Waals surface area contributed by atoms with Crippen LogP contribution >= 0.6 is 0 Å². The lowest BCUT2D eigenvalue weighted by atomic mass is 9.88. The predicted molar refractivity (Wildman–Crippen MR) is 93.0 cm³/mol. The van der Waals surface area contributed by atoms with Crippen LogP contribution in [0.15, 0.2) is 0 Å². The van der Waals surface area contributed by atoms with Gasteiger partial charge in [0.1, 0.15) is 0 Å². The first-order valence-electron chi connectivity index (χ1n) is 9.97. The van der Waals surface area contributed by atoms with E-state index in [2.05, 4.69) is 4.90 Å². The molecule has 1 aliphatic heterocycles. The largest absolute Gasteiger partial charge is 0.465 e. The minimum atomic E-state index is -0.868. The van der Waals surface area contributed by atoms with Gasteiger partial charge in [-0.1, -0.05) is 38.5 Å². The lowest BCUT2D eigenvalue weighted by molar-refractivity contribution is -0.139. The Morgan fingerprint density at radius 2 is 1.38 bits per heavy atom. The summed E-state index contributed by atoms with van der Waals surface area (Å²) in [5.41, 5.74) is 0. The van der Waals surface area contributed by atoms with Gasteiger partial charge >= 0.3 is 6.09 Å². The van der Waals surface area contributed by atoms with E-state index < -0.39 is 6.09 Å². The van der Waals surface area contributed by atoms with E-state index in [1.807, 2.05) is 0 Å². The highest BCUT2D eigenvalue weighted by Gasteiger charge is 2.36. The van der Waals surface area contributed by atoms with Gasteiger partial charge in [-0.2, -0.15) is 0 Å². The first-order chi connectivity index (χ1) is 11.7. The van der Waals surface area contributed by atoms with E-state index in [1.54, 1.807) is 0 Å². The van der Waals surface area contributed by atoms with Gasteiger partial charge in [0.2, 0.25) is 5.91 Å². The molecule has 0 spiro atoms.